The summed E-state index contributed by atoms with van der Waals surface area (Å²) in [4.78, 5) is 37.9. The summed E-state index contributed by atoms with van der Waals surface area (Å²) in [6.07, 6.45) is 80.0. The zero-order chi connectivity index (χ0) is 57.7. The molecule has 0 rings (SSSR count). The fourth-order valence-corrected chi connectivity index (χ4v) is 10.1. The predicted octanol–water partition coefficient (Wildman–Crippen LogP) is 20.6. The number of hydrogen-bond donors (Lipinski definition) is 0. The van der Waals surface area contributed by atoms with Crippen LogP contribution in [0.2, 0.25) is 0 Å². The van der Waals surface area contributed by atoms with E-state index in [0.29, 0.717) is 23.9 Å². The van der Waals surface area contributed by atoms with Crippen LogP contribution in [0.15, 0.2) is 72.9 Å². The second kappa shape index (κ2) is 60.1. The zero-order valence-corrected chi connectivity index (χ0v) is 53.2. The summed E-state index contributed by atoms with van der Waals surface area (Å²) in [5.41, 5.74) is 0. The molecule has 0 spiro atoms. The van der Waals surface area contributed by atoms with Crippen molar-refractivity contribution in [3.8, 4) is 0 Å². The monoisotopic (exact) mass is 1130 g/mol. The quantitative estimate of drug-likeness (QED) is 0.0195. The standard InChI is InChI=1S/C69H126NO8P/c1-6-8-10-12-14-16-18-20-22-23-24-25-26-27-28-29-30-31-32-33-34-35-36-37-38-39-40-41-42-43-44-45-46-47-48-50-52-54-56-58-60-62-69(72)78-67(66-77-79(73,74)76-64-63-70(3,4)5)65-75-68(71)61-59-57-55-53-51-49-21-19-17-15-13-11-9-7-2/h8,10,13-16,19-22,24-25,67H,6-7,9,11-12,17-18,23,26-66H2,1-5H3/b10-8-,15-13-,16-14-,21-19-,22-20-,25-24-. The first kappa shape index (κ1) is 76.5. The first-order chi connectivity index (χ1) is 38.5. The average molecular weight is 1130 g/mol. The molecule has 0 aromatic heterocycles. The summed E-state index contributed by atoms with van der Waals surface area (Å²) in [5.74, 6) is -0.839. The van der Waals surface area contributed by atoms with Crippen molar-refractivity contribution in [3.63, 3.8) is 0 Å². The number of carbonyl (C=O) groups is 2. The molecule has 0 aromatic rings. The summed E-state index contributed by atoms with van der Waals surface area (Å²) in [5, 5.41) is 0. The number of phosphoric ester groups is 1. The number of allylic oxidation sites excluding steroid dienone is 12. The number of rotatable bonds is 61. The Kier molecular flexibility index (Phi) is 58.1. The summed E-state index contributed by atoms with van der Waals surface area (Å²) in [7, 11) is 1.17. The van der Waals surface area contributed by atoms with Gasteiger partial charge < -0.3 is 27.9 Å². The van der Waals surface area contributed by atoms with Gasteiger partial charge in [-0.1, -0.05) is 286 Å². The minimum Gasteiger partial charge on any atom is -0.756 e. The Morgan fingerprint density at radius 3 is 1.08 bits per heavy atom. The van der Waals surface area contributed by atoms with Gasteiger partial charge in [-0.15, -0.1) is 0 Å². The molecule has 0 saturated carbocycles. The molecular weight excluding hydrogens is 1000 g/mol. The zero-order valence-electron chi connectivity index (χ0n) is 52.3. The topological polar surface area (TPSA) is 111 Å². The van der Waals surface area contributed by atoms with Crippen molar-refractivity contribution in [2.45, 2.75) is 309 Å². The fourth-order valence-electron chi connectivity index (χ4n) is 9.37. The molecule has 9 nitrogen and oxygen atoms in total. The lowest BCUT2D eigenvalue weighted by molar-refractivity contribution is -0.870. The SMILES string of the molecule is CC/C=C\C/C=C\C/C=C\C/C=C\CCCCCCCCCCCCCCCCCCCCCCCCCCCCCCC(=O)OC(COC(=O)CCCCCCC/C=C\C/C=C\CCCC)COP(=O)([O-])OCC[N+](C)(C)C. The number of carbonyl (C=O) groups excluding carboxylic acids is 2. The number of quaternary nitrogens is 1. The largest absolute Gasteiger partial charge is 0.756 e. The van der Waals surface area contributed by atoms with E-state index in [2.05, 4.69) is 86.8 Å². The number of unbranched alkanes of at least 4 members (excludes halogenated alkanes) is 35. The molecule has 0 aliphatic heterocycles. The molecule has 0 heterocycles. The van der Waals surface area contributed by atoms with Crippen molar-refractivity contribution in [2.75, 3.05) is 47.5 Å². The number of likely N-dealkylation sites (N-methyl/N-ethyl adjacent to an activating group) is 1. The van der Waals surface area contributed by atoms with Gasteiger partial charge in [0.25, 0.3) is 7.82 Å². The fraction of sp³-hybridized carbons (Fsp3) is 0.797. The van der Waals surface area contributed by atoms with E-state index < -0.39 is 32.5 Å². The molecule has 0 aliphatic carbocycles. The van der Waals surface area contributed by atoms with Crippen molar-refractivity contribution in [1.29, 1.82) is 0 Å². The van der Waals surface area contributed by atoms with Gasteiger partial charge in [0.1, 0.15) is 19.8 Å². The van der Waals surface area contributed by atoms with Gasteiger partial charge in [0.15, 0.2) is 6.10 Å². The Morgan fingerprint density at radius 1 is 0.405 bits per heavy atom. The van der Waals surface area contributed by atoms with Gasteiger partial charge in [0, 0.05) is 12.8 Å². The van der Waals surface area contributed by atoms with Gasteiger partial charge in [-0.05, 0) is 77.0 Å². The minimum absolute atomic E-state index is 0.0328. The summed E-state index contributed by atoms with van der Waals surface area (Å²) < 4.78 is 34.2. The van der Waals surface area contributed by atoms with E-state index in [0.717, 1.165) is 83.5 Å². The first-order valence-corrected chi connectivity index (χ1v) is 34.6. The predicted molar refractivity (Wildman–Crippen MR) is 337 cm³/mol. The number of hydrogen-bond acceptors (Lipinski definition) is 8. The molecule has 0 aliphatic rings. The Bertz CT molecular complexity index is 1560. The molecule has 0 saturated heterocycles. The van der Waals surface area contributed by atoms with Crippen LogP contribution in [0, 0.1) is 0 Å². The minimum atomic E-state index is -4.64. The van der Waals surface area contributed by atoms with Crippen LogP contribution in [-0.2, 0) is 32.7 Å². The van der Waals surface area contributed by atoms with Crippen molar-refractivity contribution >= 4 is 19.8 Å². The van der Waals surface area contributed by atoms with Crippen LogP contribution in [0.5, 0.6) is 0 Å². The summed E-state index contributed by atoms with van der Waals surface area (Å²) in [6, 6.07) is 0. The van der Waals surface area contributed by atoms with E-state index in [1.54, 1.807) is 0 Å². The molecule has 2 unspecified atom stereocenters. The molecule has 79 heavy (non-hydrogen) atoms. The molecule has 0 amide bonds. The molecule has 0 N–H and O–H groups in total. The Balaban J connectivity index is 3.86. The summed E-state index contributed by atoms with van der Waals surface area (Å²) >= 11 is 0. The third-order valence-corrected chi connectivity index (χ3v) is 15.4. The van der Waals surface area contributed by atoms with Crippen LogP contribution in [0.4, 0.5) is 0 Å². The third kappa shape index (κ3) is 64.5. The first-order valence-electron chi connectivity index (χ1n) is 33.1. The molecule has 0 radical (unpaired) electrons. The Labute approximate surface area is 489 Å². The van der Waals surface area contributed by atoms with E-state index >= 15 is 0 Å². The van der Waals surface area contributed by atoms with E-state index in [1.807, 2.05) is 21.1 Å². The molecule has 2 atom stereocenters. The maximum Gasteiger partial charge on any atom is 0.306 e. The second-order valence-electron chi connectivity index (χ2n) is 23.5. The van der Waals surface area contributed by atoms with E-state index in [4.69, 9.17) is 18.5 Å². The van der Waals surface area contributed by atoms with Crippen LogP contribution < -0.4 is 4.89 Å². The lowest BCUT2D eigenvalue weighted by atomic mass is 10.0. The van der Waals surface area contributed by atoms with Crippen molar-refractivity contribution in [1.82, 2.24) is 0 Å². The number of esters is 2. The van der Waals surface area contributed by atoms with Crippen LogP contribution in [0.1, 0.15) is 303 Å². The number of phosphoric acid groups is 1. The van der Waals surface area contributed by atoms with Crippen LogP contribution in [-0.4, -0.2) is 70.0 Å². The third-order valence-electron chi connectivity index (χ3n) is 14.5. The molecular formula is C69H126NO8P. The van der Waals surface area contributed by atoms with Gasteiger partial charge in [-0.2, -0.15) is 0 Å². The summed E-state index contributed by atoms with van der Waals surface area (Å²) in [6.45, 7) is 4.09. The lowest BCUT2D eigenvalue weighted by Crippen LogP contribution is -2.37. The van der Waals surface area contributed by atoms with Crippen molar-refractivity contribution in [3.05, 3.63) is 72.9 Å². The highest BCUT2D eigenvalue weighted by Crippen LogP contribution is 2.38. The maximum absolute atomic E-state index is 12.8. The Hall–Kier alpha value is -2.55. The molecule has 460 valence electrons. The number of nitrogens with zero attached hydrogens (tertiary/aromatic N) is 1. The van der Waals surface area contributed by atoms with E-state index in [9.17, 15) is 19.0 Å². The van der Waals surface area contributed by atoms with E-state index in [1.165, 1.54) is 180 Å². The lowest BCUT2D eigenvalue weighted by Gasteiger charge is -2.28. The van der Waals surface area contributed by atoms with Crippen LogP contribution >= 0.6 is 7.82 Å². The smallest absolute Gasteiger partial charge is 0.306 e. The van der Waals surface area contributed by atoms with Crippen molar-refractivity contribution in [2.24, 2.45) is 0 Å². The van der Waals surface area contributed by atoms with Gasteiger partial charge in [0.05, 0.1) is 27.7 Å². The highest BCUT2D eigenvalue weighted by atomic mass is 31.2. The Morgan fingerprint density at radius 2 is 0.722 bits per heavy atom. The normalized spacial score (nSPS) is 13.6. The van der Waals surface area contributed by atoms with Crippen LogP contribution in [0.25, 0.3) is 0 Å². The second-order valence-corrected chi connectivity index (χ2v) is 24.9. The van der Waals surface area contributed by atoms with Gasteiger partial charge in [-0.25, -0.2) is 0 Å². The molecule has 0 bridgehead atoms. The van der Waals surface area contributed by atoms with E-state index in [-0.39, 0.29) is 26.1 Å². The highest BCUT2D eigenvalue weighted by molar-refractivity contribution is 7.45. The maximum atomic E-state index is 12.8. The van der Waals surface area contributed by atoms with Gasteiger partial charge in [-0.3, -0.25) is 14.2 Å². The molecule has 0 aromatic carbocycles. The van der Waals surface area contributed by atoms with Gasteiger partial charge in [0.2, 0.25) is 0 Å². The molecule has 0 fully saturated rings. The van der Waals surface area contributed by atoms with Gasteiger partial charge >= 0.3 is 11.9 Å². The molecule has 10 heteroatoms. The van der Waals surface area contributed by atoms with Crippen molar-refractivity contribution < 1.29 is 42.1 Å². The average Bonchev–Trinajstić information content (AvgIpc) is 3.41. The number of ether oxygens (including phenoxy) is 2. The van der Waals surface area contributed by atoms with Crippen LogP contribution in [0.3, 0.4) is 0 Å². The highest BCUT2D eigenvalue weighted by Gasteiger charge is 2.22.